The lowest BCUT2D eigenvalue weighted by Crippen LogP contribution is -2.30. The zero-order chi connectivity index (χ0) is 22.8. The standard InChI is InChI=1S/C23H22ClN3O4S/c1-13(28)12-26-22(29)15-5-6-17(16(24)10-15)27(2)23(30)19-11-14-7-9-31-18-4-3-8-25-20(18)21(14)32-19/h3-6,8,10-11,13,28H,7,9,12H2,1-2H3,(H,26,29). The minimum atomic E-state index is -0.646. The number of aromatic nitrogens is 1. The highest BCUT2D eigenvalue weighted by Crippen LogP contribution is 2.40. The quantitative estimate of drug-likeness (QED) is 0.590. The number of carbonyl (C=O) groups excluding carboxylic acids is 2. The monoisotopic (exact) mass is 471 g/mol. The lowest BCUT2D eigenvalue weighted by atomic mass is 10.1. The molecule has 0 saturated heterocycles. The zero-order valence-corrected chi connectivity index (χ0v) is 19.2. The third-order valence-electron chi connectivity index (χ3n) is 5.07. The number of carbonyl (C=O) groups is 2. The van der Waals surface area contributed by atoms with E-state index in [1.165, 1.54) is 22.3 Å². The van der Waals surface area contributed by atoms with E-state index in [9.17, 15) is 14.7 Å². The second-order valence-electron chi connectivity index (χ2n) is 7.50. The molecule has 7 nitrogen and oxygen atoms in total. The number of anilines is 1. The number of aliphatic hydroxyl groups is 1. The first-order valence-electron chi connectivity index (χ1n) is 10.1. The van der Waals surface area contributed by atoms with Gasteiger partial charge in [0, 0.05) is 31.8 Å². The minimum absolute atomic E-state index is 0.142. The molecule has 0 saturated carbocycles. The van der Waals surface area contributed by atoms with E-state index in [4.69, 9.17) is 16.3 Å². The van der Waals surface area contributed by atoms with Crippen LogP contribution < -0.4 is 15.0 Å². The summed E-state index contributed by atoms with van der Waals surface area (Å²) >= 11 is 7.79. The number of hydrogen-bond donors (Lipinski definition) is 2. The van der Waals surface area contributed by atoms with Crippen LogP contribution in [-0.2, 0) is 6.42 Å². The predicted molar refractivity (Wildman–Crippen MR) is 125 cm³/mol. The fourth-order valence-corrected chi connectivity index (χ4v) is 4.90. The number of pyridine rings is 1. The fraction of sp³-hybridized carbons (Fsp3) is 0.261. The van der Waals surface area contributed by atoms with E-state index in [1.807, 2.05) is 18.2 Å². The van der Waals surface area contributed by atoms with Gasteiger partial charge in [-0.15, -0.1) is 11.3 Å². The molecule has 3 heterocycles. The van der Waals surface area contributed by atoms with Gasteiger partial charge in [0.15, 0.2) is 0 Å². The molecule has 1 unspecified atom stereocenters. The topological polar surface area (TPSA) is 91.8 Å². The largest absolute Gasteiger partial charge is 0.491 e. The summed E-state index contributed by atoms with van der Waals surface area (Å²) in [6.07, 6.45) is 1.76. The third-order valence-corrected chi connectivity index (χ3v) is 6.54. The number of aliphatic hydroxyl groups excluding tert-OH is 1. The molecule has 4 rings (SSSR count). The number of nitrogens with zero attached hydrogens (tertiary/aromatic N) is 2. The summed E-state index contributed by atoms with van der Waals surface area (Å²) < 4.78 is 5.77. The van der Waals surface area contributed by atoms with Crippen LogP contribution in [-0.4, -0.2) is 48.2 Å². The molecule has 166 valence electrons. The van der Waals surface area contributed by atoms with Crippen LogP contribution in [0.25, 0.3) is 10.6 Å². The number of ether oxygens (including phenoxy) is 1. The van der Waals surface area contributed by atoms with Crippen molar-refractivity contribution in [2.75, 3.05) is 25.1 Å². The highest BCUT2D eigenvalue weighted by Gasteiger charge is 2.25. The summed E-state index contributed by atoms with van der Waals surface area (Å²) in [5, 5.41) is 12.2. The Morgan fingerprint density at radius 2 is 2.16 bits per heavy atom. The van der Waals surface area contributed by atoms with Gasteiger partial charge in [-0.2, -0.15) is 0 Å². The molecule has 0 fully saturated rings. The van der Waals surface area contributed by atoms with Crippen LogP contribution in [0.5, 0.6) is 5.75 Å². The van der Waals surface area contributed by atoms with Crippen LogP contribution in [0, 0.1) is 0 Å². The molecular weight excluding hydrogens is 450 g/mol. The highest BCUT2D eigenvalue weighted by atomic mass is 35.5. The molecule has 0 radical (unpaired) electrons. The van der Waals surface area contributed by atoms with Gasteiger partial charge in [0.05, 0.1) is 33.2 Å². The number of hydrogen-bond acceptors (Lipinski definition) is 6. The molecule has 0 bridgehead atoms. The highest BCUT2D eigenvalue weighted by molar-refractivity contribution is 7.17. The van der Waals surface area contributed by atoms with Gasteiger partial charge in [0.1, 0.15) is 11.4 Å². The van der Waals surface area contributed by atoms with E-state index in [0.717, 1.165) is 16.1 Å². The summed E-state index contributed by atoms with van der Waals surface area (Å²) in [6.45, 7) is 2.25. The van der Waals surface area contributed by atoms with Gasteiger partial charge in [-0.05, 0) is 48.9 Å². The molecule has 3 aromatic rings. The lowest BCUT2D eigenvalue weighted by molar-refractivity contribution is 0.0923. The van der Waals surface area contributed by atoms with E-state index in [2.05, 4.69) is 10.3 Å². The summed E-state index contributed by atoms with van der Waals surface area (Å²) in [7, 11) is 1.65. The second-order valence-corrected chi connectivity index (χ2v) is 8.96. The number of fused-ring (bicyclic) bond motifs is 3. The van der Waals surface area contributed by atoms with E-state index < -0.39 is 6.10 Å². The van der Waals surface area contributed by atoms with Crippen LogP contribution in [0.15, 0.2) is 42.6 Å². The Labute approximate surface area is 194 Å². The fourth-order valence-electron chi connectivity index (χ4n) is 3.41. The maximum absolute atomic E-state index is 13.2. The Morgan fingerprint density at radius 3 is 2.91 bits per heavy atom. The summed E-state index contributed by atoms with van der Waals surface area (Å²) in [5.41, 5.74) is 2.62. The average Bonchev–Trinajstić information content (AvgIpc) is 3.12. The first kappa shape index (κ1) is 22.3. The van der Waals surface area contributed by atoms with Crippen LogP contribution in [0.3, 0.4) is 0 Å². The molecule has 1 aromatic carbocycles. The maximum Gasteiger partial charge on any atom is 0.268 e. The van der Waals surface area contributed by atoms with Crippen molar-refractivity contribution < 1.29 is 19.4 Å². The van der Waals surface area contributed by atoms with Gasteiger partial charge in [0.2, 0.25) is 0 Å². The lowest BCUT2D eigenvalue weighted by Gasteiger charge is -2.18. The molecule has 0 aliphatic carbocycles. The van der Waals surface area contributed by atoms with Crippen LogP contribution >= 0.6 is 22.9 Å². The van der Waals surface area contributed by atoms with Crippen LogP contribution in [0.2, 0.25) is 5.02 Å². The predicted octanol–water partition coefficient (Wildman–Crippen LogP) is 3.79. The molecule has 9 heteroatoms. The average molecular weight is 472 g/mol. The Balaban J connectivity index is 1.57. The van der Waals surface area contributed by atoms with Gasteiger partial charge in [0.25, 0.3) is 11.8 Å². The first-order valence-corrected chi connectivity index (χ1v) is 11.3. The Morgan fingerprint density at radius 1 is 1.34 bits per heavy atom. The third kappa shape index (κ3) is 4.48. The number of nitrogens with one attached hydrogen (secondary N) is 1. The molecule has 1 atom stereocenters. The first-order chi connectivity index (χ1) is 15.3. The van der Waals surface area contributed by atoms with Crippen molar-refractivity contribution in [3.8, 4) is 16.3 Å². The maximum atomic E-state index is 13.2. The van der Waals surface area contributed by atoms with Crippen molar-refractivity contribution in [2.45, 2.75) is 19.4 Å². The SMILES string of the molecule is CC(O)CNC(=O)c1ccc(N(C)C(=O)c2cc3c(s2)-c2ncccc2OCC3)c(Cl)c1. The van der Waals surface area contributed by atoms with E-state index in [1.54, 1.807) is 32.3 Å². The summed E-state index contributed by atoms with van der Waals surface area (Å²) in [5.74, 6) is 0.173. The molecule has 2 N–H and O–H groups in total. The summed E-state index contributed by atoms with van der Waals surface area (Å²) in [4.78, 5) is 32.9. The minimum Gasteiger partial charge on any atom is -0.491 e. The van der Waals surface area contributed by atoms with Crippen molar-refractivity contribution in [3.63, 3.8) is 0 Å². The molecule has 1 aliphatic rings. The molecule has 2 amide bonds. The second kappa shape index (κ2) is 9.28. The Bertz CT molecular complexity index is 1180. The Kier molecular flexibility index (Phi) is 6.45. The van der Waals surface area contributed by atoms with Crippen molar-refractivity contribution in [2.24, 2.45) is 0 Å². The molecule has 1 aliphatic heterocycles. The van der Waals surface area contributed by atoms with E-state index in [0.29, 0.717) is 34.9 Å². The molecular formula is C23H22ClN3O4S. The number of halogens is 1. The van der Waals surface area contributed by atoms with Gasteiger partial charge < -0.3 is 20.1 Å². The normalized spacial score (nSPS) is 13.2. The number of rotatable bonds is 5. The van der Waals surface area contributed by atoms with E-state index >= 15 is 0 Å². The van der Waals surface area contributed by atoms with Gasteiger partial charge in [-0.1, -0.05) is 11.6 Å². The van der Waals surface area contributed by atoms with Crippen LogP contribution in [0.1, 0.15) is 32.5 Å². The van der Waals surface area contributed by atoms with E-state index in [-0.39, 0.29) is 23.4 Å². The van der Waals surface area contributed by atoms with Gasteiger partial charge in [-0.25, -0.2) is 0 Å². The summed E-state index contributed by atoms with van der Waals surface area (Å²) in [6, 6.07) is 10.3. The molecule has 32 heavy (non-hydrogen) atoms. The molecule has 2 aromatic heterocycles. The number of benzene rings is 1. The zero-order valence-electron chi connectivity index (χ0n) is 17.6. The van der Waals surface area contributed by atoms with Gasteiger partial charge in [-0.3, -0.25) is 14.6 Å². The number of thiophene rings is 1. The number of amides is 2. The van der Waals surface area contributed by atoms with Crippen molar-refractivity contribution >= 4 is 40.4 Å². The smallest absolute Gasteiger partial charge is 0.268 e. The Hall–Kier alpha value is -2.94. The van der Waals surface area contributed by atoms with Crippen molar-refractivity contribution in [1.82, 2.24) is 10.3 Å². The van der Waals surface area contributed by atoms with Crippen molar-refractivity contribution in [1.29, 1.82) is 0 Å². The van der Waals surface area contributed by atoms with Crippen molar-refractivity contribution in [3.05, 3.63) is 63.6 Å². The molecule has 0 spiro atoms. The van der Waals surface area contributed by atoms with Crippen LogP contribution in [0.4, 0.5) is 5.69 Å². The van der Waals surface area contributed by atoms with Gasteiger partial charge >= 0.3 is 0 Å².